The minimum atomic E-state index is -0.727. The van der Waals surface area contributed by atoms with Gasteiger partial charge in [-0.15, -0.1) is 0 Å². The molecule has 0 saturated heterocycles. The van der Waals surface area contributed by atoms with Gasteiger partial charge < -0.3 is 24.1 Å². The van der Waals surface area contributed by atoms with Crippen molar-refractivity contribution < 1.29 is 24.1 Å². The summed E-state index contributed by atoms with van der Waals surface area (Å²) in [7, 11) is 0. The molecule has 0 unspecified atom stereocenters. The van der Waals surface area contributed by atoms with Gasteiger partial charge in [0.2, 0.25) is 0 Å². The van der Waals surface area contributed by atoms with Crippen molar-refractivity contribution in [3.8, 4) is 0 Å². The van der Waals surface area contributed by atoms with Crippen molar-refractivity contribution >= 4 is 6.29 Å². The molecule has 5 nitrogen and oxygen atoms in total. The van der Waals surface area contributed by atoms with Crippen LogP contribution in [0.1, 0.15) is 27.7 Å². The van der Waals surface area contributed by atoms with Crippen molar-refractivity contribution in [2.45, 2.75) is 52.1 Å². The van der Waals surface area contributed by atoms with Crippen LogP contribution in [0, 0.1) is 0 Å². The van der Waals surface area contributed by atoms with Crippen LogP contribution in [0.25, 0.3) is 0 Å². The molecule has 5 heteroatoms. The fourth-order valence-electron chi connectivity index (χ4n) is 1.67. The van der Waals surface area contributed by atoms with Gasteiger partial charge in [0.1, 0.15) is 18.3 Å². The van der Waals surface area contributed by atoms with E-state index in [1.165, 1.54) is 0 Å². The number of hydrogen-bond donors (Lipinski definition) is 1. The highest BCUT2D eigenvalue weighted by molar-refractivity contribution is 5.57. The Balaban J connectivity index is 4.79. The summed E-state index contributed by atoms with van der Waals surface area (Å²) in [5, 5.41) is 9.68. The smallest absolute Gasteiger partial charge is 0.151 e. The Morgan fingerprint density at radius 2 is 1.47 bits per heavy atom. The molecule has 102 valence electrons. The third-order valence-corrected chi connectivity index (χ3v) is 2.33. The quantitative estimate of drug-likeness (QED) is 0.579. The maximum absolute atomic E-state index is 11.0. The van der Waals surface area contributed by atoms with Crippen molar-refractivity contribution in [2.75, 3.05) is 19.8 Å². The normalized spacial score (nSPS) is 18.4. The van der Waals surface area contributed by atoms with E-state index in [0.717, 1.165) is 0 Å². The summed E-state index contributed by atoms with van der Waals surface area (Å²) in [4.78, 5) is 11.0. The van der Waals surface area contributed by atoms with Gasteiger partial charge in [-0.05, 0) is 27.7 Å². The molecule has 4 atom stereocenters. The molecule has 0 spiro atoms. The number of hydrogen-bond acceptors (Lipinski definition) is 5. The van der Waals surface area contributed by atoms with Gasteiger partial charge >= 0.3 is 0 Å². The minimum Gasteiger partial charge on any atom is -0.391 e. The van der Waals surface area contributed by atoms with Crippen LogP contribution in [0.3, 0.4) is 0 Å². The zero-order chi connectivity index (χ0) is 13.3. The zero-order valence-corrected chi connectivity index (χ0v) is 11.1. The van der Waals surface area contributed by atoms with E-state index in [1.54, 1.807) is 13.8 Å². The van der Waals surface area contributed by atoms with Crippen molar-refractivity contribution in [2.24, 2.45) is 0 Å². The lowest BCUT2D eigenvalue weighted by Gasteiger charge is -2.32. The second-order valence-corrected chi connectivity index (χ2v) is 3.64. The summed E-state index contributed by atoms with van der Waals surface area (Å²) in [6.45, 7) is 8.35. The molecule has 0 aliphatic carbocycles. The maximum Gasteiger partial charge on any atom is 0.151 e. The van der Waals surface area contributed by atoms with E-state index in [1.807, 2.05) is 13.8 Å². The van der Waals surface area contributed by atoms with Crippen molar-refractivity contribution in [3.05, 3.63) is 0 Å². The van der Waals surface area contributed by atoms with Gasteiger partial charge in [-0.25, -0.2) is 0 Å². The van der Waals surface area contributed by atoms with Crippen LogP contribution in [-0.2, 0) is 19.0 Å². The highest BCUT2D eigenvalue weighted by Gasteiger charge is 2.34. The standard InChI is InChI=1S/C12H24O5/c1-5-15-10(8-13)12(17-7-3)11(9(4)14)16-6-2/h8-12,14H,5-7H2,1-4H3/t9-,10-,11-,12-/m0/s1. The SMILES string of the molecule is CCO[C@H]([C@@H](OCC)[C@H](C=O)OCC)[C@H](C)O. The molecular weight excluding hydrogens is 224 g/mol. The highest BCUT2D eigenvalue weighted by atomic mass is 16.6. The first-order valence-electron chi connectivity index (χ1n) is 6.10. The minimum absolute atomic E-state index is 0.408. The third kappa shape index (κ3) is 5.59. The lowest BCUT2D eigenvalue weighted by atomic mass is 10.0. The Kier molecular flexibility index (Phi) is 9.26. The van der Waals surface area contributed by atoms with Crippen molar-refractivity contribution in [3.63, 3.8) is 0 Å². The molecule has 0 heterocycles. The Labute approximate surface area is 103 Å². The summed E-state index contributed by atoms with van der Waals surface area (Å²) < 4.78 is 16.2. The molecular formula is C12H24O5. The van der Waals surface area contributed by atoms with Crippen LogP contribution >= 0.6 is 0 Å². The lowest BCUT2D eigenvalue weighted by molar-refractivity contribution is -0.164. The van der Waals surface area contributed by atoms with Crippen LogP contribution in [0.4, 0.5) is 0 Å². The third-order valence-electron chi connectivity index (χ3n) is 2.33. The van der Waals surface area contributed by atoms with Crippen LogP contribution in [0.2, 0.25) is 0 Å². The molecule has 0 aromatic rings. The van der Waals surface area contributed by atoms with E-state index in [0.29, 0.717) is 26.1 Å². The molecule has 1 N–H and O–H groups in total. The summed E-state index contributed by atoms with van der Waals surface area (Å²) >= 11 is 0. The fraction of sp³-hybridized carbons (Fsp3) is 0.917. The number of rotatable bonds is 10. The summed E-state index contributed by atoms with van der Waals surface area (Å²) in [6, 6.07) is 0. The second-order valence-electron chi connectivity index (χ2n) is 3.64. The van der Waals surface area contributed by atoms with Crippen LogP contribution < -0.4 is 0 Å². The number of carbonyl (C=O) groups is 1. The van der Waals surface area contributed by atoms with Crippen LogP contribution in [-0.4, -0.2) is 55.6 Å². The molecule has 0 fully saturated rings. The number of carbonyl (C=O) groups excluding carboxylic acids is 1. The van der Waals surface area contributed by atoms with Gasteiger partial charge in [0.05, 0.1) is 6.10 Å². The Morgan fingerprint density at radius 3 is 1.82 bits per heavy atom. The van der Waals surface area contributed by atoms with Gasteiger partial charge in [-0.1, -0.05) is 0 Å². The van der Waals surface area contributed by atoms with Gasteiger partial charge in [0.15, 0.2) is 6.29 Å². The van der Waals surface area contributed by atoms with E-state index < -0.39 is 24.4 Å². The number of ether oxygens (including phenoxy) is 3. The molecule has 0 bridgehead atoms. The van der Waals surface area contributed by atoms with E-state index in [4.69, 9.17) is 14.2 Å². The fourth-order valence-corrected chi connectivity index (χ4v) is 1.67. The van der Waals surface area contributed by atoms with Gasteiger partial charge in [-0.3, -0.25) is 0 Å². The van der Waals surface area contributed by atoms with Crippen molar-refractivity contribution in [1.82, 2.24) is 0 Å². The Bertz CT molecular complexity index is 195. The predicted octanol–water partition coefficient (Wildman–Crippen LogP) is 0.781. The molecule has 17 heavy (non-hydrogen) atoms. The first-order valence-corrected chi connectivity index (χ1v) is 6.10. The Morgan fingerprint density at radius 1 is 1.00 bits per heavy atom. The molecule has 0 radical (unpaired) electrons. The number of aliphatic hydroxyl groups is 1. The second kappa shape index (κ2) is 9.53. The van der Waals surface area contributed by atoms with Gasteiger partial charge in [-0.2, -0.15) is 0 Å². The monoisotopic (exact) mass is 248 g/mol. The maximum atomic E-state index is 11.0. The molecule has 0 amide bonds. The molecule has 0 aliphatic heterocycles. The largest absolute Gasteiger partial charge is 0.391 e. The van der Waals surface area contributed by atoms with Crippen molar-refractivity contribution in [1.29, 1.82) is 0 Å². The molecule has 0 saturated carbocycles. The summed E-state index contributed by atoms with van der Waals surface area (Å²) in [5.74, 6) is 0. The van der Waals surface area contributed by atoms with E-state index >= 15 is 0 Å². The topological polar surface area (TPSA) is 65.0 Å². The van der Waals surface area contributed by atoms with Crippen LogP contribution in [0.5, 0.6) is 0 Å². The highest BCUT2D eigenvalue weighted by Crippen LogP contribution is 2.15. The number of aliphatic hydroxyl groups excluding tert-OH is 1. The molecule has 0 aromatic heterocycles. The Hall–Kier alpha value is -0.490. The predicted molar refractivity (Wildman–Crippen MR) is 64.0 cm³/mol. The summed E-state index contributed by atoms with van der Waals surface area (Å²) in [6.07, 6.45) is -1.90. The average Bonchev–Trinajstić information content (AvgIpc) is 2.30. The van der Waals surface area contributed by atoms with Gasteiger partial charge in [0, 0.05) is 19.8 Å². The van der Waals surface area contributed by atoms with E-state index in [2.05, 4.69) is 0 Å². The first kappa shape index (κ1) is 16.5. The summed E-state index contributed by atoms with van der Waals surface area (Å²) in [5.41, 5.74) is 0. The van der Waals surface area contributed by atoms with E-state index in [9.17, 15) is 9.90 Å². The van der Waals surface area contributed by atoms with Crippen LogP contribution in [0.15, 0.2) is 0 Å². The molecule has 0 rings (SSSR count). The zero-order valence-electron chi connectivity index (χ0n) is 11.1. The van der Waals surface area contributed by atoms with E-state index in [-0.39, 0.29) is 0 Å². The molecule has 0 aromatic carbocycles. The average molecular weight is 248 g/mol. The molecule has 0 aliphatic rings. The number of aldehydes is 1. The lowest BCUT2D eigenvalue weighted by Crippen LogP contribution is -2.48. The first-order chi connectivity index (χ1) is 8.12. The van der Waals surface area contributed by atoms with Gasteiger partial charge in [0.25, 0.3) is 0 Å².